The van der Waals surface area contributed by atoms with Crippen LogP contribution in [0.25, 0.3) is 10.7 Å². The van der Waals surface area contributed by atoms with Crippen molar-refractivity contribution < 1.29 is 0 Å². The summed E-state index contributed by atoms with van der Waals surface area (Å²) in [7, 11) is 0. The number of pyridine rings is 1. The highest BCUT2D eigenvalue weighted by Crippen LogP contribution is 2.20. The summed E-state index contributed by atoms with van der Waals surface area (Å²) in [5.41, 5.74) is 3.89. The lowest BCUT2D eigenvalue weighted by Gasteiger charge is -2.05. The van der Waals surface area contributed by atoms with E-state index >= 15 is 0 Å². The second-order valence-electron chi connectivity index (χ2n) is 3.23. The van der Waals surface area contributed by atoms with Crippen molar-refractivity contribution in [3.63, 3.8) is 0 Å². The molecule has 3 heterocycles. The average molecular weight is 244 g/mol. The number of aromatic nitrogens is 5. The van der Waals surface area contributed by atoms with Gasteiger partial charge in [-0.1, -0.05) is 6.07 Å². The van der Waals surface area contributed by atoms with Gasteiger partial charge in [-0.15, -0.1) is 21.5 Å². The molecule has 0 fully saturated rings. The molecule has 0 saturated carbocycles. The van der Waals surface area contributed by atoms with Crippen LogP contribution in [-0.4, -0.2) is 24.8 Å². The van der Waals surface area contributed by atoms with E-state index in [2.05, 4.69) is 25.6 Å². The van der Waals surface area contributed by atoms with Gasteiger partial charge in [-0.2, -0.15) is 0 Å². The minimum atomic E-state index is 0.720. The first-order valence-corrected chi connectivity index (χ1v) is 5.78. The van der Waals surface area contributed by atoms with Gasteiger partial charge in [0.15, 0.2) is 0 Å². The summed E-state index contributed by atoms with van der Waals surface area (Å²) in [6.07, 6.45) is 4.90. The number of hydrogen-bond acceptors (Lipinski definition) is 6. The van der Waals surface area contributed by atoms with Gasteiger partial charge in [-0.25, -0.2) is 14.6 Å². The van der Waals surface area contributed by atoms with Crippen LogP contribution in [-0.2, 0) is 0 Å². The first-order valence-electron chi connectivity index (χ1n) is 4.90. The zero-order valence-corrected chi connectivity index (χ0v) is 9.50. The van der Waals surface area contributed by atoms with E-state index in [0.717, 1.165) is 16.5 Å². The van der Waals surface area contributed by atoms with Crippen LogP contribution < -0.4 is 5.43 Å². The maximum Gasteiger partial charge on any atom is 0.145 e. The summed E-state index contributed by atoms with van der Waals surface area (Å²) in [5, 5.41) is 10.2. The van der Waals surface area contributed by atoms with Gasteiger partial charge in [0.05, 0.1) is 0 Å². The molecule has 1 N–H and O–H groups in total. The van der Waals surface area contributed by atoms with E-state index < -0.39 is 0 Å². The summed E-state index contributed by atoms with van der Waals surface area (Å²) in [6.45, 7) is 0. The molecule has 0 amide bonds. The number of hydrogen-bond donors (Lipinski definition) is 1. The lowest BCUT2D eigenvalue weighted by molar-refractivity contribution is 0.936. The van der Waals surface area contributed by atoms with Crippen molar-refractivity contribution in [3.05, 3.63) is 42.4 Å². The lowest BCUT2D eigenvalue weighted by atomic mass is 10.3. The molecule has 0 unspecified atom stereocenters. The minimum absolute atomic E-state index is 0.720. The zero-order valence-electron chi connectivity index (χ0n) is 8.69. The largest absolute Gasteiger partial charge is 0.275 e. The standard InChI is InChI=1S/C10H8N6S/c1-2-8(10-11-4-5-17-10)14-9(3-1)15-16-6-12-13-7-16/h1-7H,(H,14,15). The van der Waals surface area contributed by atoms with E-state index in [1.54, 1.807) is 34.9 Å². The minimum Gasteiger partial charge on any atom is -0.275 e. The van der Waals surface area contributed by atoms with Crippen molar-refractivity contribution in [1.29, 1.82) is 0 Å². The van der Waals surface area contributed by atoms with Crippen molar-refractivity contribution in [1.82, 2.24) is 24.8 Å². The van der Waals surface area contributed by atoms with Gasteiger partial charge in [0.2, 0.25) is 0 Å². The fourth-order valence-electron chi connectivity index (χ4n) is 1.36. The third kappa shape index (κ3) is 2.13. The van der Waals surface area contributed by atoms with Crippen molar-refractivity contribution in [2.45, 2.75) is 0 Å². The smallest absolute Gasteiger partial charge is 0.145 e. The molecule has 0 aliphatic heterocycles. The fraction of sp³-hybridized carbons (Fsp3) is 0. The summed E-state index contributed by atoms with van der Waals surface area (Å²) >= 11 is 1.56. The number of rotatable bonds is 3. The monoisotopic (exact) mass is 244 g/mol. The summed E-state index contributed by atoms with van der Waals surface area (Å²) < 4.78 is 1.63. The van der Waals surface area contributed by atoms with Gasteiger partial charge in [-0.05, 0) is 12.1 Å². The van der Waals surface area contributed by atoms with Crippen LogP contribution in [0.2, 0.25) is 0 Å². The Morgan fingerprint density at radius 2 is 2.06 bits per heavy atom. The molecule has 0 aromatic carbocycles. The Balaban J connectivity index is 1.89. The Bertz CT molecular complexity index is 589. The van der Waals surface area contributed by atoms with E-state index in [1.807, 2.05) is 23.6 Å². The number of nitrogens with one attached hydrogen (secondary N) is 1. The maximum absolute atomic E-state index is 4.45. The second kappa shape index (κ2) is 4.30. The van der Waals surface area contributed by atoms with E-state index in [1.165, 1.54) is 0 Å². The molecule has 17 heavy (non-hydrogen) atoms. The van der Waals surface area contributed by atoms with E-state index in [9.17, 15) is 0 Å². The Morgan fingerprint density at radius 3 is 2.82 bits per heavy atom. The first-order chi connectivity index (χ1) is 8.42. The van der Waals surface area contributed by atoms with Crippen LogP contribution in [0.3, 0.4) is 0 Å². The molecule has 0 aliphatic rings. The topological polar surface area (TPSA) is 68.5 Å². The van der Waals surface area contributed by atoms with Crippen LogP contribution >= 0.6 is 11.3 Å². The van der Waals surface area contributed by atoms with E-state index in [4.69, 9.17) is 0 Å². The molecule has 0 bridgehead atoms. The van der Waals surface area contributed by atoms with Gasteiger partial charge in [0, 0.05) is 11.6 Å². The quantitative estimate of drug-likeness (QED) is 0.759. The third-order valence-electron chi connectivity index (χ3n) is 2.06. The maximum atomic E-state index is 4.45. The predicted octanol–water partition coefficient (Wildman–Crippen LogP) is 1.67. The van der Waals surface area contributed by atoms with Crippen molar-refractivity contribution >= 4 is 17.2 Å². The van der Waals surface area contributed by atoms with Gasteiger partial charge in [0.1, 0.15) is 29.2 Å². The predicted molar refractivity (Wildman–Crippen MR) is 64.4 cm³/mol. The van der Waals surface area contributed by atoms with Crippen LogP contribution in [0.15, 0.2) is 42.4 Å². The molecule has 3 rings (SSSR count). The molecule has 7 heteroatoms. The Kier molecular flexibility index (Phi) is 2.51. The van der Waals surface area contributed by atoms with Crippen LogP contribution in [0.4, 0.5) is 5.82 Å². The highest BCUT2D eigenvalue weighted by Gasteiger charge is 2.03. The molecule has 3 aromatic heterocycles. The van der Waals surface area contributed by atoms with Crippen LogP contribution in [0.5, 0.6) is 0 Å². The number of thiazole rings is 1. The summed E-state index contributed by atoms with van der Waals surface area (Å²) in [6, 6.07) is 5.73. The van der Waals surface area contributed by atoms with Crippen molar-refractivity contribution in [2.24, 2.45) is 0 Å². The lowest BCUT2D eigenvalue weighted by Crippen LogP contribution is -2.07. The Labute approximate surface area is 101 Å². The molecule has 0 atom stereocenters. The van der Waals surface area contributed by atoms with Gasteiger partial charge in [-0.3, -0.25) is 5.43 Å². The Hall–Kier alpha value is -2.28. The molecule has 0 saturated heterocycles. The molecule has 0 radical (unpaired) electrons. The second-order valence-corrected chi connectivity index (χ2v) is 4.12. The number of anilines is 1. The highest BCUT2D eigenvalue weighted by atomic mass is 32.1. The van der Waals surface area contributed by atoms with Crippen molar-refractivity contribution in [2.75, 3.05) is 5.43 Å². The first kappa shape index (κ1) is 9.91. The van der Waals surface area contributed by atoms with Crippen molar-refractivity contribution in [3.8, 4) is 10.7 Å². The summed E-state index contributed by atoms with van der Waals surface area (Å²) in [4.78, 5) is 8.67. The van der Waals surface area contributed by atoms with Crippen LogP contribution in [0, 0.1) is 0 Å². The normalized spacial score (nSPS) is 10.4. The zero-order chi connectivity index (χ0) is 11.5. The molecular formula is C10H8N6S. The third-order valence-corrected chi connectivity index (χ3v) is 2.86. The molecule has 84 valence electrons. The molecular weight excluding hydrogens is 236 g/mol. The van der Waals surface area contributed by atoms with E-state index in [0.29, 0.717) is 0 Å². The SMILES string of the molecule is c1cc(Nn2cnnc2)nc(-c2nccs2)c1. The average Bonchev–Trinajstić information content (AvgIpc) is 3.01. The highest BCUT2D eigenvalue weighted by molar-refractivity contribution is 7.13. The van der Waals surface area contributed by atoms with Gasteiger partial charge >= 0.3 is 0 Å². The summed E-state index contributed by atoms with van der Waals surface area (Å²) in [5.74, 6) is 0.720. The fourth-order valence-corrected chi connectivity index (χ4v) is 1.96. The van der Waals surface area contributed by atoms with Gasteiger partial charge < -0.3 is 0 Å². The molecule has 0 spiro atoms. The Morgan fingerprint density at radius 1 is 1.18 bits per heavy atom. The van der Waals surface area contributed by atoms with Crippen LogP contribution in [0.1, 0.15) is 0 Å². The number of nitrogens with zero attached hydrogens (tertiary/aromatic N) is 5. The molecule has 3 aromatic rings. The van der Waals surface area contributed by atoms with E-state index in [-0.39, 0.29) is 0 Å². The molecule has 6 nitrogen and oxygen atoms in total. The molecule has 0 aliphatic carbocycles. The van der Waals surface area contributed by atoms with Gasteiger partial charge in [0.25, 0.3) is 0 Å².